The molecule has 0 saturated heterocycles. The first-order valence-corrected chi connectivity index (χ1v) is 6.74. The molecular weight excluding hydrogens is 281 g/mol. The van der Waals surface area contributed by atoms with Gasteiger partial charge in [0, 0.05) is 6.04 Å². The monoisotopic (exact) mass is 295 g/mol. The summed E-state index contributed by atoms with van der Waals surface area (Å²) in [4.78, 5) is 4.16. The van der Waals surface area contributed by atoms with Crippen LogP contribution in [0.15, 0.2) is 36.4 Å². The van der Waals surface area contributed by atoms with Gasteiger partial charge < -0.3 is 11.1 Å². The summed E-state index contributed by atoms with van der Waals surface area (Å²) in [6, 6.07) is 12.0. The van der Waals surface area contributed by atoms with E-state index in [2.05, 4.69) is 29.4 Å². The summed E-state index contributed by atoms with van der Waals surface area (Å²) in [6.45, 7) is 2.07. The standard InChI is InChI=1S/C14H15Cl2N3/c1-9(7-10-5-3-2-4-6-10)18-14-12(16)8-11(15)13(17)19-14/h2-6,8-9H,7H2,1H3,(H3,17,18,19). The van der Waals surface area contributed by atoms with E-state index in [1.54, 1.807) is 6.07 Å². The summed E-state index contributed by atoms with van der Waals surface area (Å²) < 4.78 is 0. The number of anilines is 2. The molecule has 2 aromatic rings. The number of halogens is 2. The SMILES string of the molecule is CC(Cc1ccccc1)Nc1nc(N)c(Cl)cc1Cl. The van der Waals surface area contributed by atoms with Crippen molar-refractivity contribution >= 4 is 34.8 Å². The van der Waals surface area contributed by atoms with Crippen LogP contribution in [0.25, 0.3) is 0 Å². The fourth-order valence-corrected chi connectivity index (χ4v) is 2.25. The van der Waals surface area contributed by atoms with Crippen LogP contribution >= 0.6 is 23.2 Å². The normalized spacial score (nSPS) is 12.2. The lowest BCUT2D eigenvalue weighted by Gasteiger charge is -2.16. The number of nitrogens with one attached hydrogen (secondary N) is 1. The predicted octanol–water partition coefficient (Wildman–Crippen LogP) is 4.01. The number of nitrogen functional groups attached to an aromatic ring is 1. The van der Waals surface area contributed by atoms with Gasteiger partial charge in [-0.15, -0.1) is 0 Å². The van der Waals surface area contributed by atoms with Gasteiger partial charge in [0.25, 0.3) is 0 Å². The Hall–Kier alpha value is -1.45. The van der Waals surface area contributed by atoms with Crippen LogP contribution in [0.4, 0.5) is 11.6 Å². The van der Waals surface area contributed by atoms with Crippen LogP contribution in [-0.4, -0.2) is 11.0 Å². The van der Waals surface area contributed by atoms with Crippen molar-refractivity contribution in [3.63, 3.8) is 0 Å². The molecule has 5 heteroatoms. The van der Waals surface area contributed by atoms with E-state index in [0.717, 1.165) is 6.42 Å². The molecule has 0 aliphatic carbocycles. The number of pyridine rings is 1. The third-order valence-corrected chi connectivity index (χ3v) is 3.32. The predicted molar refractivity (Wildman–Crippen MR) is 81.9 cm³/mol. The summed E-state index contributed by atoms with van der Waals surface area (Å²) in [5.74, 6) is 0.840. The Balaban J connectivity index is 2.07. The second-order valence-electron chi connectivity index (χ2n) is 4.42. The van der Waals surface area contributed by atoms with Gasteiger partial charge in [-0.05, 0) is 25.0 Å². The van der Waals surface area contributed by atoms with Crippen molar-refractivity contribution in [2.75, 3.05) is 11.1 Å². The molecule has 3 nitrogen and oxygen atoms in total. The summed E-state index contributed by atoms with van der Waals surface area (Å²) in [7, 11) is 0. The molecular formula is C14H15Cl2N3. The number of hydrogen-bond donors (Lipinski definition) is 2. The highest BCUT2D eigenvalue weighted by molar-refractivity contribution is 6.37. The molecule has 0 bridgehead atoms. The largest absolute Gasteiger partial charge is 0.382 e. The van der Waals surface area contributed by atoms with Crippen molar-refractivity contribution in [1.82, 2.24) is 4.98 Å². The van der Waals surface area contributed by atoms with Crippen LogP contribution in [-0.2, 0) is 6.42 Å². The lowest BCUT2D eigenvalue weighted by molar-refractivity contribution is 0.785. The maximum Gasteiger partial charge on any atom is 0.147 e. The molecule has 2 rings (SSSR count). The molecule has 100 valence electrons. The fraction of sp³-hybridized carbons (Fsp3) is 0.214. The summed E-state index contributed by atoms with van der Waals surface area (Å²) in [6.07, 6.45) is 0.876. The van der Waals surface area contributed by atoms with E-state index in [4.69, 9.17) is 28.9 Å². The molecule has 19 heavy (non-hydrogen) atoms. The van der Waals surface area contributed by atoms with E-state index < -0.39 is 0 Å². The van der Waals surface area contributed by atoms with Gasteiger partial charge in [0.05, 0.1) is 10.0 Å². The molecule has 1 atom stereocenters. The number of aromatic nitrogens is 1. The zero-order chi connectivity index (χ0) is 13.8. The number of benzene rings is 1. The van der Waals surface area contributed by atoms with Gasteiger partial charge in [-0.3, -0.25) is 0 Å². The summed E-state index contributed by atoms with van der Waals surface area (Å²) >= 11 is 11.9. The highest BCUT2D eigenvalue weighted by Gasteiger charge is 2.10. The highest BCUT2D eigenvalue weighted by Crippen LogP contribution is 2.27. The second kappa shape index (κ2) is 6.13. The van der Waals surface area contributed by atoms with Crippen LogP contribution in [0.5, 0.6) is 0 Å². The Labute approximate surface area is 122 Å². The number of hydrogen-bond acceptors (Lipinski definition) is 3. The van der Waals surface area contributed by atoms with E-state index in [-0.39, 0.29) is 11.9 Å². The van der Waals surface area contributed by atoms with Gasteiger partial charge >= 0.3 is 0 Å². The fourth-order valence-electron chi connectivity index (χ4n) is 1.83. The van der Waals surface area contributed by atoms with Crippen LogP contribution in [0, 0.1) is 0 Å². The highest BCUT2D eigenvalue weighted by atomic mass is 35.5. The molecule has 0 aliphatic heterocycles. The van der Waals surface area contributed by atoms with Crippen molar-refractivity contribution < 1.29 is 0 Å². The topological polar surface area (TPSA) is 50.9 Å². The van der Waals surface area contributed by atoms with E-state index in [9.17, 15) is 0 Å². The molecule has 0 fully saturated rings. The Morgan fingerprint density at radius 3 is 2.58 bits per heavy atom. The first kappa shape index (κ1) is 14.0. The number of rotatable bonds is 4. The summed E-state index contributed by atoms with van der Waals surface area (Å²) in [5.41, 5.74) is 6.93. The van der Waals surface area contributed by atoms with Crippen LogP contribution in [0.3, 0.4) is 0 Å². The lowest BCUT2D eigenvalue weighted by atomic mass is 10.1. The van der Waals surface area contributed by atoms with Crippen molar-refractivity contribution in [3.05, 3.63) is 52.0 Å². The maximum atomic E-state index is 6.08. The van der Waals surface area contributed by atoms with Crippen LogP contribution in [0.2, 0.25) is 10.0 Å². The zero-order valence-corrected chi connectivity index (χ0v) is 12.0. The number of nitrogens with two attached hydrogens (primary N) is 1. The number of nitrogens with zero attached hydrogens (tertiary/aromatic N) is 1. The Morgan fingerprint density at radius 2 is 1.89 bits per heavy atom. The third-order valence-electron chi connectivity index (χ3n) is 2.72. The molecule has 0 radical (unpaired) electrons. The van der Waals surface area contributed by atoms with Gasteiger partial charge in [0.2, 0.25) is 0 Å². The molecule has 1 aromatic heterocycles. The molecule has 1 heterocycles. The second-order valence-corrected chi connectivity index (χ2v) is 5.24. The molecule has 0 saturated carbocycles. The Kier molecular flexibility index (Phi) is 4.51. The smallest absolute Gasteiger partial charge is 0.147 e. The van der Waals surface area contributed by atoms with E-state index in [1.807, 2.05) is 18.2 Å². The Morgan fingerprint density at radius 1 is 1.21 bits per heavy atom. The quantitative estimate of drug-likeness (QED) is 0.896. The minimum atomic E-state index is 0.188. The average Bonchev–Trinajstić information content (AvgIpc) is 2.37. The van der Waals surface area contributed by atoms with Gasteiger partial charge in [0.1, 0.15) is 11.6 Å². The Bertz CT molecular complexity index is 558. The maximum absolute atomic E-state index is 6.08. The van der Waals surface area contributed by atoms with E-state index >= 15 is 0 Å². The molecule has 1 unspecified atom stereocenters. The molecule has 0 aliphatic rings. The van der Waals surface area contributed by atoms with E-state index in [1.165, 1.54) is 5.56 Å². The minimum Gasteiger partial charge on any atom is -0.382 e. The zero-order valence-electron chi connectivity index (χ0n) is 10.5. The lowest BCUT2D eigenvalue weighted by Crippen LogP contribution is -2.19. The minimum absolute atomic E-state index is 0.188. The van der Waals surface area contributed by atoms with Crippen molar-refractivity contribution in [2.24, 2.45) is 0 Å². The van der Waals surface area contributed by atoms with Crippen LogP contribution in [0.1, 0.15) is 12.5 Å². The van der Waals surface area contributed by atoms with E-state index in [0.29, 0.717) is 15.9 Å². The molecule has 0 spiro atoms. The van der Waals surface area contributed by atoms with Crippen molar-refractivity contribution in [2.45, 2.75) is 19.4 Å². The molecule has 3 N–H and O–H groups in total. The van der Waals surface area contributed by atoms with Gasteiger partial charge in [-0.25, -0.2) is 4.98 Å². The summed E-state index contributed by atoms with van der Waals surface area (Å²) in [5, 5.41) is 4.08. The third kappa shape index (κ3) is 3.75. The van der Waals surface area contributed by atoms with Gasteiger partial charge in [0.15, 0.2) is 0 Å². The van der Waals surface area contributed by atoms with Crippen molar-refractivity contribution in [1.29, 1.82) is 0 Å². The van der Waals surface area contributed by atoms with Gasteiger partial charge in [-0.1, -0.05) is 53.5 Å². The van der Waals surface area contributed by atoms with Crippen molar-refractivity contribution in [3.8, 4) is 0 Å². The van der Waals surface area contributed by atoms with Crippen LogP contribution < -0.4 is 11.1 Å². The average molecular weight is 296 g/mol. The molecule has 0 amide bonds. The van der Waals surface area contributed by atoms with Gasteiger partial charge in [-0.2, -0.15) is 0 Å². The molecule has 1 aromatic carbocycles. The first-order chi connectivity index (χ1) is 9.06. The first-order valence-electron chi connectivity index (χ1n) is 5.98.